The number of rotatable bonds is 3. The van der Waals surface area contributed by atoms with E-state index in [-0.39, 0.29) is 11.4 Å². The van der Waals surface area contributed by atoms with Crippen molar-refractivity contribution in [2.24, 2.45) is 0 Å². The van der Waals surface area contributed by atoms with Gasteiger partial charge >= 0.3 is 0 Å². The summed E-state index contributed by atoms with van der Waals surface area (Å²) in [4.78, 5) is 23.4. The lowest BCUT2D eigenvalue weighted by molar-refractivity contribution is 0.122. The molecule has 4 rings (SSSR count). The Morgan fingerprint density at radius 3 is 2.62 bits per heavy atom. The summed E-state index contributed by atoms with van der Waals surface area (Å²) in [6.07, 6.45) is 1.72. The van der Waals surface area contributed by atoms with Gasteiger partial charge in [-0.25, -0.2) is 19.0 Å². The Morgan fingerprint density at radius 1 is 1.19 bits per heavy atom. The predicted octanol–water partition coefficient (Wildman–Crippen LogP) is 1.91. The molecule has 1 aliphatic rings. The lowest BCUT2D eigenvalue weighted by Gasteiger charge is -2.27. The van der Waals surface area contributed by atoms with E-state index >= 15 is 0 Å². The van der Waals surface area contributed by atoms with E-state index in [1.807, 2.05) is 6.92 Å². The quantitative estimate of drug-likeness (QED) is 0.777. The van der Waals surface area contributed by atoms with Gasteiger partial charge in [-0.05, 0) is 31.2 Å². The number of hydrogen-bond acceptors (Lipinski definition) is 5. The van der Waals surface area contributed by atoms with Crippen molar-refractivity contribution >= 4 is 5.95 Å². The number of anilines is 1. The lowest BCUT2D eigenvalue weighted by Crippen LogP contribution is -2.37. The molecule has 134 valence electrons. The van der Waals surface area contributed by atoms with Crippen LogP contribution in [0.25, 0.3) is 16.9 Å². The highest BCUT2D eigenvalue weighted by atomic mass is 19.1. The molecule has 0 aliphatic carbocycles. The molecule has 3 heterocycles. The second-order valence-electron chi connectivity index (χ2n) is 6.09. The van der Waals surface area contributed by atoms with E-state index < -0.39 is 0 Å². The number of ether oxygens (including phenoxy) is 1. The van der Waals surface area contributed by atoms with Gasteiger partial charge in [0.05, 0.1) is 30.3 Å². The number of nitrogens with one attached hydrogen (secondary N) is 1. The fourth-order valence-corrected chi connectivity index (χ4v) is 2.95. The van der Waals surface area contributed by atoms with E-state index in [4.69, 9.17) is 4.74 Å². The Morgan fingerprint density at radius 2 is 1.92 bits per heavy atom. The first-order chi connectivity index (χ1) is 12.6. The molecule has 1 aliphatic heterocycles. The van der Waals surface area contributed by atoms with Crippen molar-refractivity contribution in [3.8, 4) is 16.9 Å². The maximum Gasteiger partial charge on any atom is 0.271 e. The lowest BCUT2D eigenvalue weighted by atomic mass is 10.2. The molecular weight excluding hydrogens is 337 g/mol. The molecule has 0 atom stereocenters. The van der Waals surface area contributed by atoms with Crippen LogP contribution in [0, 0.1) is 12.7 Å². The third-order valence-electron chi connectivity index (χ3n) is 4.36. The van der Waals surface area contributed by atoms with E-state index in [0.717, 1.165) is 24.3 Å². The van der Waals surface area contributed by atoms with Crippen LogP contribution in [0.15, 0.2) is 41.3 Å². The highest BCUT2D eigenvalue weighted by Crippen LogP contribution is 2.21. The summed E-state index contributed by atoms with van der Waals surface area (Å²) in [6.45, 7) is 4.73. The molecule has 3 aromatic rings. The summed E-state index contributed by atoms with van der Waals surface area (Å²) in [5.41, 5.74) is 2.47. The number of halogens is 1. The number of H-pyrrole nitrogens is 1. The average molecular weight is 355 g/mol. The van der Waals surface area contributed by atoms with Crippen molar-refractivity contribution in [2.75, 3.05) is 31.2 Å². The van der Waals surface area contributed by atoms with E-state index in [1.54, 1.807) is 18.3 Å². The first-order valence-corrected chi connectivity index (χ1v) is 8.36. The predicted molar refractivity (Wildman–Crippen MR) is 95.1 cm³/mol. The van der Waals surface area contributed by atoms with Crippen LogP contribution in [0.4, 0.5) is 10.3 Å². The average Bonchev–Trinajstić information content (AvgIpc) is 3.04. The molecule has 0 spiro atoms. The normalized spacial score (nSPS) is 14.6. The van der Waals surface area contributed by atoms with Gasteiger partial charge in [0.2, 0.25) is 5.95 Å². The maximum atomic E-state index is 13.1. The molecule has 7 nitrogen and oxygen atoms in total. The number of aryl methyl sites for hydroxylation is 1. The van der Waals surface area contributed by atoms with Gasteiger partial charge in [0, 0.05) is 30.9 Å². The van der Waals surface area contributed by atoms with Gasteiger partial charge in [0.25, 0.3) is 5.56 Å². The third kappa shape index (κ3) is 3.11. The fourth-order valence-electron chi connectivity index (χ4n) is 2.95. The van der Waals surface area contributed by atoms with Gasteiger partial charge in [0.1, 0.15) is 5.82 Å². The molecule has 1 N–H and O–H groups in total. The van der Waals surface area contributed by atoms with E-state index in [0.29, 0.717) is 30.5 Å². The summed E-state index contributed by atoms with van der Waals surface area (Å²) in [6, 6.07) is 7.20. The minimum absolute atomic E-state index is 0.233. The molecule has 0 unspecified atom stereocenters. The highest BCUT2D eigenvalue weighted by Gasteiger charge is 2.16. The summed E-state index contributed by atoms with van der Waals surface area (Å²) in [7, 11) is 0. The molecule has 0 amide bonds. The summed E-state index contributed by atoms with van der Waals surface area (Å²) >= 11 is 0. The summed E-state index contributed by atoms with van der Waals surface area (Å²) < 4.78 is 19.8. The summed E-state index contributed by atoms with van der Waals surface area (Å²) in [5.74, 6) is 0.311. The van der Waals surface area contributed by atoms with Gasteiger partial charge in [-0.2, -0.15) is 0 Å². The van der Waals surface area contributed by atoms with Crippen molar-refractivity contribution in [1.29, 1.82) is 0 Å². The first kappa shape index (κ1) is 16.5. The SMILES string of the molecule is Cc1nc(N2CCOCC2)ncc1-c1cc(=O)n(-c2ccc(F)cc2)[nH]1. The zero-order valence-corrected chi connectivity index (χ0v) is 14.3. The van der Waals surface area contributed by atoms with Crippen LogP contribution in [-0.4, -0.2) is 46.1 Å². The fraction of sp³-hybridized carbons (Fsp3) is 0.278. The molecule has 1 aromatic carbocycles. The number of nitrogens with zero attached hydrogens (tertiary/aromatic N) is 4. The van der Waals surface area contributed by atoms with Crippen molar-refractivity contribution in [2.45, 2.75) is 6.92 Å². The zero-order chi connectivity index (χ0) is 18.1. The van der Waals surface area contributed by atoms with Crippen molar-refractivity contribution < 1.29 is 9.13 Å². The second-order valence-corrected chi connectivity index (χ2v) is 6.09. The smallest absolute Gasteiger partial charge is 0.271 e. The van der Waals surface area contributed by atoms with Crippen LogP contribution in [-0.2, 0) is 4.74 Å². The number of benzene rings is 1. The number of morpholine rings is 1. The van der Waals surface area contributed by atoms with Crippen LogP contribution in [0.3, 0.4) is 0 Å². The van der Waals surface area contributed by atoms with Crippen molar-refractivity contribution in [1.82, 2.24) is 19.7 Å². The molecule has 26 heavy (non-hydrogen) atoms. The van der Waals surface area contributed by atoms with Crippen LogP contribution in [0.5, 0.6) is 0 Å². The summed E-state index contributed by atoms with van der Waals surface area (Å²) in [5, 5.41) is 3.04. The Bertz CT molecular complexity index is 974. The Labute approximate surface area is 149 Å². The molecule has 8 heteroatoms. The molecule has 0 radical (unpaired) electrons. The van der Waals surface area contributed by atoms with Crippen molar-refractivity contribution in [3.63, 3.8) is 0 Å². The van der Waals surface area contributed by atoms with Gasteiger partial charge < -0.3 is 9.64 Å². The maximum absolute atomic E-state index is 13.1. The number of aromatic nitrogens is 4. The minimum Gasteiger partial charge on any atom is -0.378 e. The molecule has 2 aromatic heterocycles. The largest absolute Gasteiger partial charge is 0.378 e. The van der Waals surface area contributed by atoms with Gasteiger partial charge in [0.15, 0.2) is 0 Å². The van der Waals surface area contributed by atoms with Crippen LogP contribution < -0.4 is 10.5 Å². The molecule has 1 saturated heterocycles. The van der Waals surface area contributed by atoms with Gasteiger partial charge in [-0.15, -0.1) is 0 Å². The Hall–Kier alpha value is -3.00. The van der Waals surface area contributed by atoms with Gasteiger partial charge in [-0.3, -0.25) is 9.89 Å². The molecular formula is C18H18FN5O2. The Kier molecular flexibility index (Phi) is 4.26. The van der Waals surface area contributed by atoms with Gasteiger partial charge in [-0.1, -0.05) is 0 Å². The highest BCUT2D eigenvalue weighted by molar-refractivity contribution is 5.61. The minimum atomic E-state index is -0.350. The zero-order valence-electron chi connectivity index (χ0n) is 14.3. The second kappa shape index (κ2) is 6.72. The molecule has 0 saturated carbocycles. The van der Waals surface area contributed by atoms with Crippen molar-refractivity contribution in [3.05, 3.63) is 58.4 Å². The van der Waals surface area contributed by atoms with Crippen LogP contribution in [0.1, 0.15) is 5.69 Å². The molecule has 1 fully saturated rings. The van der Waals surface area contributed by atoms with Crippen LogP contribution >= 0.6 is 0 Å². The topological polar surface area (TPSA) is 76.0 Å². The first-order valence-electron chi connectivity index (χ1n) is 8.36. The van der Waals surface area contributed by atoms with E-state index in [9.17, 15) is 9.18 Å². The Balaban J connectivity index is 1.66. The van der Waals surface area contributed by atoms with E-state index in [1.165, 1.54) is 22.9 Å². The van der Waals surface area contributed by atoms with Crippen LogP contribution in [0.2, 0.25) is 0 Å². The molecule has 0 bridgehead atoms. The standard InChI is InChI=1S/C18H18FN5O2/c1-12-15(11-20-18(21-12)23-6-8-26-9-7-23)16-10-17(25)24(22-16)14-4-2-13(19)3-5-14/h2-5,10-11,22H,6-9H2,1H3. The number of hydrogen-bond donors (Lipinski definition) is 1. The number of aromatic amines is 1. The monoisotopic (exact) mass is 355 g/mol. The third-order valence-corrected chi connectivity index (χ3v) is 4.36. The van der Waals surface area contributed by atoms with E-state index in [2.05, 4.69) is 20.0 Å².